The second kappa shape index (κ2) is 6.53. The van der Waals surface area contributed by atoms with Gasteiger partial charge in [0.15, 0.2) is 0 Å². The van der Waals surface area contributed by atoms with Crippen LogP contribution in [0.15, 0.2) is 0 Å². The molecule has 0 spiro atoms. The topological polar surface area (TPSA) is 58.4 Å². The van der Waals surface area contributed by atoms with Gasteiger partial charge >= 0.3 is 0 Å². The van der Waals surface area contributed by atoms with Gasteiger partial charge in [-0.1, -0.05) is 6.92 Å². The van der Waals surface area contributed by atoms with E-state index in [1.54, 1.807) is 0 Å². The van der Waals surface area contributed by atoms with Crippen molar-refractivity contribution in [3.05, 3.63) is 0 Å². The highest BCUT2D eigenvalue weighted by atomic mass is 16.2. The Hall–Kier alpha value is -0.610. The lowest BCUT2D eigenvalue weighted by Crippen LogP contribution is -2.48. The molecule has 2 fully saturated rings. The fourth-order valence-electron chi connectivity index (χ4n) is 3.24. The van der Waals surface area contributed by atoms with Crippen LogP contribution in [0, 0.1) is 0 Å². The molecule has 1 aliphatic carbocycles. The van der Waals surface area contributed by atoms with Crippen LogP contribution in [-0.4, -0.2) is 42.0 Å². The number of carbonyl (C=O) groups is 1. The first kappa shape index (κ1) is 13.8. The largest absolute Gasteiger partial charge is 0.352 e. The maximum atomic E-state index is 12.3. The molecule has 0 aromatic carbocycles. The van der Waals surface area contributed by atoms with E-state index in [1.165, 1.54) is 0 Å². The number of hydrogen-bond acceptors (Lipinski definition) is 3. The first-order valence-corrected chi connectivity index (χ1v) is 7.50. The molecular weight excluding hydrogens is 226 g/mol. The Kier molecular flexibility index (Phi) is 5.01. The minimum absolute atomic E-state index is 0.126. The van der Waals surface area contributed by atoms with E-state index in [9.17, 15) is 4.79 Å². The fourth-order valence-corrected chi connectivity index (χ4v) is 3.24. The second-order valence-corrected chi connectivity index (χ2v) is 5.81. The van der Waals surface area contributed by atoms with Crippen LogP contribution in [0.3, 0.4) is 0 Å². The van der Waals surface area contributed by atoms with Crippen LogP contribution in [0.1, 0.15) is 51.9 Å². The predicted octanol–water partition coefficient (Wildman–Crippen LogP) is 1.25. The monoisotopic (exact) mass is 253 g/mol. The van der Waals surface area contributed by atoms with Crippen LogP contribution in [0.25, 0.3) is 0 Å². The van der Waals surface area contributed by atoms with E-state index in [2.05, 4.69) is 17.1 Å². The van der Waals surface area contributed by atoms with Gasteiger partial charge in [0.1, 0.15) is 0 Å². The number of hydrogen-bond donors (Lipinski definition) is 2. The Bertz CT molecular complexity index is 274. The summed E-state index contributed by atoms with van der Waals surface area (Å²) in [7, 11) is 0. The van der Waals surface area contributed by atoms with Gasteiger partial charge in [-0.3, -0.25) is 9.69 Å². The average molecular weight is 253 g/mol. The van der Waals surface area contributed by atoms with Gasteiger partial charge in [-0.2, -0.15) is 0 Å². The Morgan fingerprint density at radius 2 is 2.00 bits per heavy atom. The smallest absolute Gasteiger partial charge is 0.237 e. The summed E-state index contributed by atoms with van der Waals surface area (Å²) in [6.45, 7) is 4.31. The number of nitrogens with zero attached hydrogens (tertiary/aromatic N) is 1. The van der Waals surface area contributed by atoms with Gasteiger partial charge < -0.3 is 11.1 Å². The number of likely N-dealkylation sites (tertiary alicyclic amines) is 1. The lowest BCUT2D eigenvalue weighted by atomic mass is 9.91. The molecule has 2 rings (SSSR count). The zero-order valence-corrected chi connectivity index (χ0v) is 11.5. The maximum absolute atomic E-state index is 12.3. The second-order valence-electron chi connectivity index (χ2n) is 5.81. The van der Waals surface area contributed by atoms with Crippen molar-refractivity contribution in [3.8, 4) is 0 Å². The minimum atomic E-state index is 0.126. The summed E-state index contributed by atoms with van der Waals surface area (Å²) in [5.74, 6) is 0.251. The Labute approximate surface area is 110 Å². The quantitative estimate of drug-likeness (QED) is 0.792. The van der Waals surface area contributed by atoms with Crippen molar-refractivity contribution >= 4 is 5.91 Å². The standard InChI is InChI=1S/C14H27N3O/c1-2-9-17-10-3-4-13(17)14(18)16-12-7-5-11(15)6-8-12/h11-13H,2-10,15H2,1H3,(H,16,18). The van der Waals surface area contributed by atoms with Gasteiger partial charge in [-0.05, 0) is 58.0 Å². The molecule has 1 amide bonds. The number of rotatable bonds is 4. The van der Waals surface area contributed by atoms with Crippen LogP contribution < -0.4 is 11.1 Å². The van der Waals surface area contributed by atoms with Crippen molar-refractivity contribution in [1.82, 2.24) is 10.2 Å². The van der Waals surface area contributed by atoms with Gasteiger partial charge in [0.05, 0.1) is 6.04 Å². The third-order valence-electron chi connectivity index (χ3n) is 4.30. The highest BCUT2D eigenvalue weighted by molar-refractivity contribution is 5.82. The maximum Gasteiger partial charge on any atom is 0.237 e. The summed E-state index contributed by atoms with van der Waals surface area (Å²) in [5.41, 5.74) is 5.89. The molecular formula is C14H27N3O. The molecule has 3 N–H and O–H groups in total. The van der Waals surface area contributed by atoms with Crippen LogP contribution in [-0.2, 0) is 4.79 Å². The van der Waals surface area contributed by atoms with E-state index < -0.39 is 0 Å². The van der Waals surface area contributed by atoms with Crippen LogP contribution >= 0.6 is 0 Å². The summed E-state index contributed by atoms with van der Waals surface area (Å²) in [6, 6.07) is 0.836. The molecule has 1 atom stereocenters. The molecule has 1 saturated heterocycles. The van der Waals surface area contributed by atoms with E-state index in [4.69, 9.17) is 5.73 Å². The summed E-state index contributed by atoms with van der Waals surface area (Å²) >= 11 is 0. The van der Waals surface area contributed by atoms with E-state index >= 15 is 0 Å². The molecule has 1 saturated carbocycles. The first-order valence-electron chi connectivity index (χ1n) is 7.50. The summed E-state index contributed by atoms with van der Waals surface area (Å²) in [5, 5.41) is 3.23. The van der Waals surface area contributed by atoms with Crippen molar-refractivity contribution in [3.63, 3.8) is 0 Å². The Morgan fingerprint density at radius 3 is 2.67 bits per heavy atom. The molecule has 1 unspecified atom stereocenters. The van der Waals surface area contributed by atoms with Gasteiger partial charge in [-0.25, -0.2) is 0 Å². The average Bonchev–Trinajstić information content (AvgIpc) is 2.81. The fraction of sp³-hybridized carbons (Fsp3) is 0.929. The molecule has 0 aromatic rings. The van der Waals surface area contributed by atoms with Crippen LogP contribution in [0.2, 0.25) is 0 Å². The predicted molar refractivity (Wildman–Crippen MR) is 73.3 cm³/mol. The Morgan fingerprint density at radius 1 is 1.28 bits per heavy atom. The third-order valence-corrected chi connectivity index (χ3v) is 4.30. The van der Waals surface area contributed by atoms with Crippen molar-refractivity contribution < 1.29 is 4.79 Å². The van der Waals surface area contributed by atoms with Gasteiger partial charge in [0.2, 0.25) is 5.91 Å². The molecule has 0 aromatic heterocycles. The molecule has 1 aliphatic heterocycles. The van der Waals surface area contributed by atoms with Crippen molar-refractivity contribution in [1.29, 1.82) is 0 Å². The summed E-state index contributed by atoms with van der Waals surface area (Å²) in [6.07, 6.45) is 7.51. The van der Waals surface area contributed by atoms with E-state index in [0.717, 1.165) is 58.0 Å². The number of amides is 1. The first-order chi connectivity index (χ1) is 8.70. The van der Waals surface area contributed by atoms with E-state index in [0.29, 0.717) is 12.1 Å². The molecule has 0 bridgehead atoms. The zero-order valence-electron chi connectivity index (χ0n) is 11.5. The Balaban J connectivity index is 1.80. The number of nitrogens with one attached hydrogen (secondary N) is 1. The number of carbonyl (C=O) groups excluding carboxylic acids is 1. The lowest BCUT2D eigenvalue weighted by molar-refractivity contribution is -0.126. The third kappa shape index (κ3) is 3.45. The number of nitrogens with two attached hydrogens (primary N) is 1. The lowest BCUT2D eigenvalue weighted by Gasteiger charge is -2.30. The summed E-state index contributed by atoms with van der Waals surface area (Å²) < 4.78 is 0. The zero-order chi connectivity index (χ0) is 13.0. The van der Waals surface area contributed by atoms with Crippen molar-refractivity contribution in [2.24, 2.45) is 5.73 Å². The molecule has 18 heavy (non-hydrogen) atoms. The SMILES string of the molecule is CCCN1CCCC1C(=O)NC1CCC(N)CC1. The van der Waals surface area contributed by atoms with Crippen molar-refractivity contribution in [2.75, 3.05) is 13.1 Å². The van der Waals surface area contributed by atoms with Crippen LogP contribution in [0.5, 0.6) is 0 Å². The van der Waals surface area contributed by atoms with Gasteiger partial charge in [-0.15, -0.1) is 0 Å². The van der Waals surface area contributed by atoms with Gasteiger partial charge in [0, 0.05) is 12.1 Å². The minimum Gasteiger partial charge on any atom is -0.352 e. The molecule has 1 heterocycles. The molecule has 4 heteroatoms. The van der Waals surface area contributed by atoms with Crippen LogP contribution in [0.4, 0.5) is 0 Å². The molecule has 104 valence electrons. The summed E-state index contributed by atoms with van der Waals surface area (Å²) in [4.78, 5) is 14.6. The molecule has 2 aliphatic rings. The highest BCUT2D eigenvalue weighted by Crippen LogP contribution is 2.20. The normalized spacial score (nSPS) is 33.6. The highest BCUT2D eigenvalue weighted by Gasteiger charge is 2.31. The van der Waals surface area contributed by atoms with Crippen molar-refractivity contribution in [2.45, 2.75) is 70.0 Å². The molecule has 4 nitrogen and oxygen atoms in total. The van der Waals surface area contributed by atoms with E-state index in [1.807, 2.05) is 0 Å². The molecule has 0 radical (unpaired) electrons. The van der Waals surface area contributed by atoms with Gasteiger partial charge in [0.25, 0.3) is 0 Å². The van der Waals surface area contributed by atoms with E-state index in [-0.39, 0.29) is 11.9 Å².